The van der Waals surface area contributed by atoms with Crippen molar-refractivity contribution in [1.82, 2.24) is 0 Å². The molecule has 0 saturated carbocycles. The van der Waals surface area contributed by atoms with Crippen LogP contribution < -0.4 is 14.9 Å². The second-order valence-corrected chi connectivity index (χ2v) is 8.23. The van der Waals surface area contributed by atoms with E-state index in [2.05, 4.69) is 10.5 Å². The molecule has 10 nitrogen and oxygen atoms in total. The first-order valence-corrected chi connectivity index (χ1v) is 11.0. The van der Waals surface area contributed by atoms with Crippen molar-refractivity contribution in [2.24, 2.45) is 5.10 Å². The molecule has 0 unspecified atom stereocenters. The number of nitrogens with one attached hydrogen (secondary N) is 1. The Kier molecular flexibility index (Phi) is 7.37. The van der Waals surface area contributed by atoms with Crippen LogP contribution in [0, 0.1) is 20.2 Å². The van der Waals surface area contributed by atoms with Gasteiger partial charge in [-0.1, -0.05) is 0 Å². The first-order chi connectivity index (χ1) is 15.4. The summed E-state index contributed by atoms with van der Waals surface area (Å²) in [6.07, 6.45) is 3.59. The number of non-ortho nitro benzene ring substituents is 1. The third-order valence-electron chi connectivity index (χ3n) is 4.32. The van der Waals surface area contributed by atoms with Crippen LogP contribution in [-0.4, -0.2) is 44.3 Å². The maximum absolute atomic E-state index is 11.4. The van der Waals surface area contributed by atoms with Crippen LogP contribution in [0.25, 0.3) is 6.08 Å². The molecule has 0 atom stereocenters. The minimum atomic E-state index is -0.692. The Morgan fingerprint density at radius 3 is 2.50 bits per heavy atom. The molecule has 0 bridgehead atoms. The van der Waals surface area contributed by atoms with E-state index in [1.807, 2.05) is 29.2 Å². The Morgan fingerprint density at radius 2 is 1.88 bits per heavy atom. The molecular formula is C21H18N4O6Se. The second-order valence-electron chi connectivity index (χ2n) is 6.24. The molecule has 0 spiro atoms. The topological polar surface area (TPSA) is 129 Å². The predicted octanol–water partition coefficient (Wildman–Crippen LogP) is 4.11. The molecule has 0 aliphatic rings. The molecule has 3 rings (SSSR count). The van der Waals surface area contributed by atoms with Crippen LogP contribution in [0.4, 0.5) is 17.1 Å². The molecule has 164 valence electrons. The summed E-state index contributed by atoms with van der Waals surface area (Å²) in [6.45, 7) is 0. The van der Waals surface area contributed by atoms with Gasteiger partial charge in [0.1, 0.15) is 0 Å². The number of methoxy groups -OCH3 is 2. The van der Waals surface area contributed by atoms with Crippen LogP contribution in [0.2, 0.25) is 0 Å². The summed E-state index contributed by atoms with van der Waals surface area (Å²) >= 11 is 0.0518. The predicted molar refractivity (Wildman–Crippen MR) is 122 cm³/mol. The number of allylic oxidation sites excluding steroid dienone is 1. The summed E-state index contributed by atoms with van der Waals surface area (Å²) in [5, 5.41) is 26.6. The summed E-state index contributed by atoms with van der Waals surface area (Å²) in [5.41, 5.74) is 3.29. The number of ether oxygens (including phenoxy) is 2. The van der Waals surface area contributed by atoms with E-state index in [1.54, 1.807) is 32.4 Å². The number of nitro groups is 2. The molecule has 3 aromatic rings. The van der Waals surface area contributed by atoms with Gasteiger partial charge in [-0.15, -0.1) is 0 Å². The minimum absolute atomic E-state index is 0.0487. The van der Waals surface area contributed by atoms with Gasteiger partial charge in [0.15, 0.2) is 0 Å². The van der Waals surface area contributed by atoms with Crippen LogP contribution in [0.3, 0.4) is 0 Å². The molecule has 2 aromatic carbocycles. The summed E-state index contributed by atoms with van der Waals surface area (Å²) in [6, 6.07) is 12.6. The first kappa shape index (κ1) is 22.7. The van der Waals surface area contributed by atoms with Crippen LogP contribution >= 0.6 is 0 Å². The van der Waals surface area contributed by atoms with Crippen LogP contribution in [0.5, 0.6) is 11.5 Å². The Labute approximate surface area is 188 Å². The third kappa shape index (κ3) is 5.39. The fraction of sp³-hybridized carbons (Fsp3) is 0.0952. The van der Waals surface area contributed by atoms with E-state index in [1.165, 1.54) is 12.1 Å². The summed E-state index contributed by atoms with van der Waals surface area (Å²) in [5.74, 6) is 1.27. The number of benzene rings is 2. The van der Waals surface area contributed by atoms with Gasteiger partial charge in [0.25, 0.3) is 0 Å². The number of nitro benzene ring substituents is 2. The fourth-order valence-corrected chi connectivity index (χ4v) is 4.18. The van der Waals surface area contributed by atoms with Gasteiger partial charge >= 0.3 is 189 Å². The van der Waals surface area contributed by atoms with Gasteiger partial charge in [-0.2, -0.15) is 0 Å². The van der Waals surface area contributed by atoms with Crippen molar-refractivity contribution >= 4 is 43.4 Å². The zero-order valence-electron chi connectivity index (χ0n) is 17.1. The molecule has 32 heavy (non-hydrogen) atoms. The number of rotatable bonds is 9. The quantitative estimate of drug-likeness (QED) is 0.202. The molecule has 1 aromatic heterocycles. The number of hydrazone groups is 1. The van der Waals surface area contributed by atoms with Crippen LogP contribution in [0.15, 0.2) is 64.6 Å². The van der Waals surface area contributed by atoms with Crippen molar-refractivity contribution in [2.45, 2.75) is 0 Å². The molecule has 11 heteroatoms. The second kappa shape index (κ2) is 10.4. The number of anilines is 1. The van der Waals surface area contributed by atoms with E-state index in [0.29, 0.717) is 17.2 Å². The average Bonchev–Trinajstić information content (AvgIpc) is 3.33. The van der Waals surface area contributed by atoms with Crippen molar-refractivity contribution in [3.05, 3.63) is 89.8 Å². The van der Waals surface area contributed by atoms with Crippen molar-refractivity contribution in [2.75, 3.05) is 19.6 Å². The zero-order valence-corrected chi connectivity index (χ0v) is 18.8. The van der Waals surface area contributed by atoms with E-state index in [0.717, 1.165) is 16.1 Å². The Balaban J connectivity index is 1.95. The van der Waals surface area contributed by atoms with E-state index < -0.39 is 15.5 Å². The Morgan fingerprint density at radius 1 is 1.06 bits per heavy atom. The van der Waals surface area contributed by atoms with E-state index in [-0.39, 0.29) is 25.9 Å². The average molecular weight is 501 g/mol. The first-order valence-electron chi connectivity index (χ1n) is 9.13. The Hall–Kier alpha value is -3.95. The van der Waals surface area contributed by atoms with Gasteiger partial charge in [-0.3, -0.25) is 0 Å². The van der Waals surface area contributed by atoms with Gasteiger partial charge in [0, 0.05) is 0 Å². The van der Waals surface area contributed by atoms with Gasteiger partial charge in [-0.05, 0) is 0 Å². The van der Waals surface area contributed by atoms with Crippen LogP contribution in [0.1, 0.15) is 10.0 Å². The van der Waals surface area contributed by atoms with Gasteiger partial charge in [0.05, 0.1) is 0 Å². The molecule has 0 fully saturated rings. The standard InChI is InChI=1S/C21H18N4O6Se/c1-30-16-8-5-14(20(13-16)31-2)6-9-18(21-4-3-11-32-21)23-22-17-10-7-15(24(26)27)12-19(17)25(28)29/h3-13,22H,1-2H3/b9-6+,23-18-. The molecule has 0 saturated heterocycles. The molecule has 1 heterocycles. The normalized spacial score (nSPS) is 11.4. The van der Waals surface area contributed by atoms with Crippen molar-refractivity contribution in [1.29, 1.82) is 0 Å². The van der Waals surface area contributed by atoms with E-state index >= 15 is 0 Å². The van der Waals surface area contributed by atoms with Gasteiger partial charge < -0.3 is 0 Å². The van der Waals surface area contributed by atoms with Crippen molar-refractivity contribution < 1.29 is 19.3 Å². The van der Waals surface area contributed by atoms with Gasteiger partial charge in [0.2, 0.25) is 0 Å². The molecular weight excluding hydrogens is 483 g/mol. The fourth-order valence-electron chi connectivity index (χ4n) is 2.72. The molecule has 0 amide bonds. The molecule has 0 aliphatic heterocycles. The molecule has 1 N–H and O–H groups in total. The van der Waals surface area contributed by atoms with E-state index in [9.17, 15) is 20.2 Å². The molecule has 0 radical (unpaired) electrons. The van der Waals surface area contributed by atoms with Crippen molar-refractivity contribution in [3.8, 4) is 11.5 Å². The summed E-state index contributed by atoms with van der Waals surface area (Å²) in [7, 11) is 3.13. The van der Waals surface area contributed by atoms with E-state index in [4.69, 9.17) is 9.47 Å². The maximum atomic E-state index is 11.4. The van der Waals surface area contributed by atoms with Crippen molar-refractivity contribution in [3.63, 3.8) is 0 Å². The monoisotopic (exact) mass is 502 g/mol. The Bertz CT molecular complexity index is 1190. The summed E-state index contributed by atoms with van der Waals surface area (Å²) < 4.78 is 11.6. The number of hydrogen-bond acceptors (Lipinski definition) is 8. The third-order valence-corrected chi connectivity index (χ3v) is 6.19. The van der Waals surface area contributed by atoms with Gasteiger partial charge in [-0.25, -0.2) is 0 Å². The summed E-state index contributed by atoms with van der Waals surface area (Å²) in [4.78, 5) is 22.9. The zero-order chi connectivity index (χ0) is 23.1. The number of nitrogens with zero attached hydrogens (tertiary/aromatic N) is 3. The van der Waals surface area contributed by atoms with Crippen LogP contribution in [-0.2, 0) is 0 Å². The number of hydrogen-bond donors (Lipinski definition) is 1. The molecule has 0 aliphatic carbocycles. The SMILES string of the molecule is COc1ccc(/C=C/C(=N/Nc2ccc([N+](=O)[O-])cc2[N+](=O)[O-])c2ccc[se]2)c(OC)c1.